The molecule has 0 fully saturated rings. The monoisotopic (exact) mass is 683 g/mol. The summed E-state index contributed by atoms with van der Waals surface area (Å²) >= 11 is 0. The van der Waals surface area contributed by atoms with Crippen molar-refractivity contribution in [3.63, 3.8) is 0 Å². The van der Waals surface area contributed by atoms with Crippen LogP contribution in [0.3, 0.4) is 0 Å². The maximum Gasteiger partial charge on any atom is 0.571 e. The van der Waals surface area contributed by atoms with E-state index in [1.807, 2.05) is 57.2 Å². The molecule has 1 heterocycles. The summed E-state index contributed by atoms with van der Waals surface area (Å²) in [5, 5.41) is 0. The number of rotatable bonds is 18. The summed E-state index contributed by atoms with van der Waals surface area (Å²) in [6.07, 6.45) is 2.13. The van der Waals surface area contributed by atoms with Gasteiger partial charge in [-0.1, -0.05) is 20.8 Å². The third kappa shape index (κ3) is 9.67. The standard InChI is InChI=1S/C30H44N3O9P3/c1-7-22-37-43(40-28-16-10-25(34-4)11-17-28)31-44(38-23-8-2,41-29-18-12-26(35-5)13-19-29)33-45(32-43,39-24-9-3)42-30-20-14-27(36-6)15-21-30/h10-21,31-32H,7-9,22-24H2,1-6H3/q+2. The lowest BCUT2D eigenvalue weighted by Crippen LogP contribution is -2.39. The van der Waals surface area contributed by atoms with Gasteiger partial charge in [0.15, 0.2) is 11.5 Å². The summed E-state index contributed by atoms with van der Waals surface area (Å²) in [6.45, 7) is 7.09. The molecule has 1 aliphatic heterocycles. The maximum absolute atomic E-state index is 6.71. The lowest BCUT2D eigenvalue weighted by atomic mass is 10.3. The first-order chi connectivity index (χ1) is 21.8. The molecule has 0 saturated heterocycles. The van der Waals surface area contributed by atoms with Gasteiger partial charge in [-0.05, 0) is 96.9 Å². The second kappa shape index (κ2) is 16.8. The highest BCUT2D eigenvalue weighted by atomic mass is 31.3. The van der Waals surface area contributed by atoms with Crippen LogP contribution >= 0.6 is 23.7 Å². The van der Waals surface area contributed by atoms with Gasteiger partial charge in [-0.2, -0.15) is 9.05 Å². The van der Waals surface area contributed by atoms with Crippen LogP contribution in [0.15, 0.2) is 77.3 Å². The zero-order valence-electron chi connectivity index (χ0n) is 26.6. The number of ether oxygens (including phenoxy) is 3. The first-order valence-electron chi connectivity index (χ1n) is 14.8. The minimum atomic E-state index is -3.46. The molecule has 246 valence electrons. The maximum atomic E-state index is 6.71. The zero-order valence-corrected chi connectivity index (χ0v) is 29.3. The highest BCUT2D eigenvalue weighted by Crippen LogP contribution is 2.80. The Morgan fingerprint density at radius 1 is 0.578 bits per heavy atom. The second-order valence-electron chi connectivity index (χ2n) is 9.68. The Morgan fingerprint density at radius 3 is 1.51 bits per heavy atom. The molecule has 2 N–H and O–H groups in total. The van der Waals surface area contributed by atoms with E-state index in [1.165, 1.54) is 0 Å². The second-order valence-corrected chi connectivity index (χ2v) is 16.5. The SMILES string of the molecule is CCCOP1(Oc2ccc(OC)cc2)=N[P+](OCCC)(Oc2ccc(OC)cc2)N[P+](OCCC)(Oc2ccc(OC)cc2)N1. The molecule has 0 saturated carbocycles. The Morgan fingerprint density at radius 2 is 1.02 bits per heavy atom. The largest absolute Gasteiger partial charge is 0.571 e. The molecule has 0 bridgehead atoms. The van der Waals surface area contributed by atoms with Gasteiger partial charge in [-0.15, -0.1) is 0 Å². The molecule has 0 aromatic heterocycles. The van der Waals surface area contributed by atoms with Gasteiger partial charge in [-0.25, -0.2) is 0 Å². The van der Waals surface area contributed by atoms with E-state index in [-0.39, 0.29) is 0 Å². The van der Waals surface area contributed by atoms with Crippen molar-refractivity contribution in [3.8, 4) is 34.5 Å². The van der Waals surface area contributed by atoms with E-state index in [9.17, 15) is 0 Å². The molecular formula is C30H44N3O9P3+2. The third-order valence-corrected chi connectivity index (χ3v) is 15.0. The van der Waals surface area contributed by atoms with Gasteiger partial charge < -0.3 is 18.7 Å². The molecule has 3 aromatic rings. The highest BCUT2D eigenvalue weighted by Gasteiger charge is 2.72. The van der Waals surface area contributed by atoms with Crippen molar-refractivity contribution in [2.24, 2.45) is 4.52 Å². The Labute approximate surface area is 267 Å². The molecule has 0 amide bonds. The van der Waals surface area contributed by atoms with Crippen LogP contribution in [0.25, 0.3) is 0 Å². The molecule has 12 nitrogen and oxygen atoms in total. The average Bonchev–Trinajstić information content (AvgIpc) is 3.06. The van der Waals surface area contributed by atoms with Crippen LogP contribution in [0.4, 0.5) is 0 Å². The summed E-state index contributed by atoms with van der Waals surface area (Å²) in [5.74, 6) is 3.61. The minimum Gasteiger partial charge on any atom is -0.497 e. The summed E-state index contributed by atoms with van der Waals surface area (Å²) in [5.41, 5.74) is 0. The lowest BCUT2D eigenvalue weighted by molar-refractivity contribution is 0.256. The van der Waals surface area contributed by atoms with Crippen LogP contribution in [0, 0.1) is 0 Å². The molecule has 3 atom stereocenters. The Bertz CT molecular complexity index is 1380. The summed E-state index contributed by atoms with van der Waals surface area (Å²) in [6, 6.07) is 21.6. The van der Waals surface area contributed by atoms with Crippen LogP contribution < -0.4 is 37.5 Å². The van der Waals surface area contributed by atoms with E-state index < -0.39 is 23.7 Å². The van der Waals surface area contributed by atoms with Crippen LogP contribution in [-0.4, -0.2) is 41.2 Å². The molecule has 1 aliphatic rings. The summed E-state index contributed by atoms with van der Waals surface area (Å²) in [7, 11) is -5.45. The normalized spacial score (nSPS) is 22.6. The quantitative estimate of drug-likeness (QED) is 0.125. The van der Waals surface area contributed by atoms with Crippen LogP contribution in [0.5, 0.6) is 34.5 Å². The molecule has 3 aromatic carbocycles. The molecule has 0 spiro atoms. The van der Waals surface area contributed by atoms with Gasteiger partial charge in [0.25, 0.3) is 0 Å². The van der Waals surface area contributed by atoms with Gasteiger partial charge in [0, 0.05) is 4.52 Å². The van der Waals surface area contributed by atoms with Crippen molar-refractivity contribution in [2.75, 3.05) is 41.2 Å². The smallest absolute Gasteiger partial charge is 0.497 e. The number of hydrogen-bond acceptors (Lipinski definition) is 12. The first-order valence-corrected chi connectivity index (χ1v) is 19.6. The topological polar surface area (TPSA) is 119 Å². The number of methoxy groups -OCH3 is 3. The fraction of sp³-hybridized carbons (Fsp3) is 0.400. The molecule has 3 unspecified atom stereocenters. The molecule has 45 heavy (non-hydrogen) atoms. The zero-order chi connectivity index (χ0) is 32.2. The van der Waals surface area contributed by atoms with E-state index >= 15 is 0 Å². The number of nitrogens with one attached hydrogen (secondary N) is 2. The average molecular weight is 684 g/mol. The highest BCUT2D eigenvalue weighted by molar-refractivity contribution is 7.88. The molecule has 0 aliphatic carbocycles. The fourth-order valence-corrected chi connectivity index (χ4v) is 14.4. The van der Waals surface area contributed by atoms with Crippen LogP contribution in [0.1, 0.15) is 40.0 Å². The number of hydrogen-bond donors (Lipinski definition) is 2. The predicted molar refractivity (Wildman–Crippen MR) is 179 cm³/mol. The molecular weight excluding hydrogens is 639 g/mol. The Kier molecular flexibility index (Phi) is 13.1. The fourth-order valence-electron chi connectivity index (χ4n) is 3.91. The van der Waals surface area contributed by atoms with Crippen LogP contribution in [-0.2, 0) is 13.6 Å². The Balaban J connectivity index is 1.90. The van der Waals surface area contributed by atoms with Gasteiger partial charge in [0.2, 0.25) is 0 Å². The van der Waals surface area contributed by atoms with E-state index in [2.05, 4.69) is 9.72 Å². The molecule has 15 heteroatoms. The van der Waals surface area contributed by atoms with Gasteiger partial charge >= 0.3 is 23.7 Å². The van der Waals surface area contributed by atoms with Crippen LogP contribution in [0.2, 0.25) is 0 Å². The van der Waals surface area contributed by atoms with E-state index in [0.717, 1.165) is 6.42 Å². The number of nitrogens with zero attached hydrogens (tertiary/aromatic N) is 1. The van der Waals surface area contributed by atoms with E-state index in [0.29, 0.717) is 67.2 Å². The van der Waals surface area contributed by atoms with E-state index in [4.69, 9.17) is 45.9 Å². The van der Waals surface area contributed by atoms with Crippen molar-refractivity contribution in [2.45, 2.75) is 40.0 Å². The lowest BCUT2D eigenvalue weighted by Gasteiger charge is -2.34. The Hall–Kier alpha value is -2.65. The molecule has 0 radical (unpaired) electrons. The summed E-state index contributed by atoms with van der Waals surface area (Å²) < 4.78 is 60.9. The summed E-state index contributed by atoms with van der Waals surface area (Å²) in [4.78, 5) is 6.96. The minimum absolute atomic E-state index is 0.340. The third-order valence-electron chi connectivity index (χ3n) is 6.04. The van der Waals surface area contributed by atoms with Crippen molar-refractivity contribution >= 4 is 23.7 Å². The van der Waals surface area contributed by atoms with Crippen molar-refractivity contribution in [1.82, 2.24) is 9.72 Å². The predicted octanol–water partition coefficient (Wildman–Crippen LogP) is 9.02. The molecule has 4 rings (SSSR count). The van der Waals surface area contributed by atoms with Gasteiger partial charge in [-0.3, -0.25) is 13.6 Å². The van der Waals surface area contributed by atoms with Crippen molar-refractivity contribution in [3.05, 3.63) is 72.8 Å². The van der Waals surface area contributed by atoms with Gasteiger partial charge in [0.05, 0.1) is 46.0 Å². The van der Waals surface area contributed by atoms with Gasteiger partial charge in [0.1, 0.15) is 23.0 Å². The van der Waals surface area contributed by atoms with E-state index in [1.54, 1.807) is 57.7 Å². The van der Waals surface area contributed by atoms with Crippen molar-refractivity contribution < 1.29 is 41.4 Å². The number of benzene rings is 3. The first kappa shape index (κ1) is 35.2. The van der Waals surface area contributed by atoms with Crippen molar-refractivity contribution in [1.29, 1.82) is 0 Å².